The van der Waals surface area contributed by atoms with Crippen LogP contribution >= 0.6 is 0 Å². The second-order valence-electron chi connectivity index (χ2n) is 4.79. The normalized spacial score (nSPS) is 13.2. The van der Waals surface area contributed by atoms with Crippen molar-refractivity contribution in [2.24, 2.45) is 11.1 Å². The maximum Gasteiger partial charge on any atom is 0.209 e. The van der Waals surface area contributed by atoms with Crippen LogP contribution in [-0.2, 0) is 16.4 Å². The molecular weight excluding hydrogens is 262 g/mol. The minimum atomic E-state index is -3.44. The van der Waals surface area contributed by atoms with Crippen LogP contribution in [0.4, 0.5) is 0 Å². The lowest BCUT2D eigenvalue weighted by atomic mass is 10.1. The van der Waals surface area contributed by atoms with Crippen molar-refractivity contribution in [3.05, 3.63) is 29.8 Å². The minimum Gasteiger partial charge on any atom is -0.493 e. The summed E-state index contributed by atoms with van der Waals surface area (Å²) in [6.07, 6.45) is 2.70. The van der Waals surface area contributed by atoms with E-state index in [9.17, 15) is 8.42 Å². The van der Waals surface area contributed by atoms with Gasteiger partial charge in [-0.25, -0.2) is 13.6 Å². The summed E-state index contributed by atoms with van der Waals surface area (Å²) in [4.78, 5) is 0. The van der Waals surface area contributed by atoms with Crippen LogP contribution in [0.25, 0.3) is 0 Å². The van der Waals surface area contributed by atoms with E-state index in [-0.39, 0.29) is 11.7 Å². The third-order valence-electron chi connectivity index (χ3n) is 2.98. The van der Waals surface area contributed by atoms with Crippen molar-refractivity contribution in [2.75, 3.05) is 12.4 Å². The molecule has 0 bridgehead atoms. The number of rotatable bonds is 8. The van der Waals surface area contributed by atoms with E-state index in [1.807, 2.05) is 31.2 Å². The molecular formula is C14H23NO3S. The Kier molecular flexibility index (Phi) is 6.31. The Morgan fingerprint density at radius 2 is 1.84 bits per heavy atom. The van der Waals surface area contributed by atoms with Crippen molar-refractivity contribution in [1.82, 2.24) is 0 Å². The summed E-state index contributed by atoms with van der Waals surface area (Å²) in [7, 11) is -3.44. The molecule has 4 nitrogen and oxygen atoms in total. The van der Waals surface area contributed by atoms with E-state index in [1.54, 1.807) is 0 Å². The zero-order valence-electron chi connectivity index (χ0n) is 11.6. The highest BCUT2D eigenvalue weighted by atomic mass is 32.2. The lowest BCUT2D eigenvalue weighted by molar-refractivity contribution is 0.252. The average molecular weight is 285 g/mol. The first kappa shape index (κ1) is 16.0. The molecule has 0 saturated carbocycles. The molecule has 0 radical (unpaired) electrons. The lowest BCUT2D eigenvalue weighted by Gasteiger charge is -2.16. The molecule has 0 aliphatic heterocycles. The van der Waals surface area contributed by atoms with Crippen molar-refractivity contribution < 1.29 is 13.2 Å². The summed E-state index contributed by atoms with van der Waals surface area (Å²) in [5, 5.41) is 5.09. The summed E-state index contributed by atoms with van der Waals surface area (Å²) in [6, 6.07) is 7.87. The van der Waals surface area contributed by atoms with Gasteiger partial charge in [0.1, 0.15) is 5.75 Å². The summed E-state index contributed by atoms with van der Waals surface area (Å²) in [5.41, 5.74) is 1.25. The standard InChI is InChI=1S/C14H23NO3S/c1-3-5-13(11-19(15,16)17)10-18-14-8-6-12(4-2)7-9-14/h6-9,13H,3-5,10-11H2,1-2H3,(H2,15,16,17). The van der Waals surface area contributed by atoms with Crippen molar-refractivity contribution in [2.45, 2.75) is 33.1 Å². The van der Waals surface area contributed by atoms with Crippen LogP contribution in [0.2, 0.25) is 0 Å². The van der Waals surface area contributed by atoms with Crippen LogP contribution in [0.5, 0.6) is 5.75 Å². The summed E-state index contributed by atoms with van der Waals surface area (Å²) in [6.45, 7) is 4.50. The number of primary sulfonamides is 1. The van der Waals surface area contributed by atoms with Crippen molar-refractivity contribution in [3.63, 3.8) is 0 Å². The zero-order chi connectivity index (χ0) is 14.3. The fraction of sp³-hybridized carbons (Fsp3) is 0.571. The topological polar surface area (TPSA) is 69.4 Å². The Labute approximate surface area is 116 Å². The van der Waals surface area contributed by atoms with Gasteiger partial charge in [-0.05, 0) is 30.5 Å². The Hall–Kier alpha value is -1.07. The molecule has 108 valence electrons. The highest BCUT2D eigenvalue weighted by Gasteiger charge is 2.16. The van der Waals surface area contributed by atoms with Crippen molar-refractivity contribution in [3.8, 4) is 5.75 Å². The molecule has 1 rings (SSSR count). The molecule has 2 N–H and O–H groups in total. The zero-order valence-corrected chi connectivity index (χ0v) is 12.4. The first-order valence-corrected chi connectivity index (χ1v) is 8.38. The average Bonchev–Trinajstić information content (AvgIpc) is 2.35. The van der Waals surface area contributed by atoms with Crippen molar-refractivity contribution in [1.29, 1.82) is 0 Å². The highest BCUT2D eigenvalue weighted by Crippen LogP contribution is 2.16. The van der Waals surface area contributed by atoms with Crippen LogP contribution in [-0.4, -0.2) is 20.8 Å². The highest BCUT2D eigenvalue weighted by molar-refractivity contribution is 7.89. The molecule has 5 heteroatoms. The van der Waals surface area contributed by atoms with Gasteiger partial charge in [-0.3, -0.25) is 0 Å². The van der Waals surface area contributed by atoms with E-state index >= 15 is 0 Å². The Morgan fingerprint density at radius 3 is 2.32 bits per heavy atom. The second kappa shape index (κ2) is 7.50. The molecule has 0 fully saturated rings. The van der Waals surface area contributed by atoms with Gasteiger partial charge < -0.3 is 4.74 Å². The van der Waals surface area contributed by atoms with E-state index in [0.717, 1.165) is 25.0 Å². The van der Waals surface area contributed by atoms with E-state index in [4.69, 9.17) is 9.88 Å². The third kappa shape index (κ3) is 6.59. The number of aryl methyl sites for hydroxylation is 1. The maximum absolute atomic E-state index is 11.1. The monoisotopic (exact) mass is 285 g/mol. The first-order valence-electron chi connectivity index (χ1n) is 6.66. The summed E-state index contributed by atoms with van der Waals surface area (Å²) < 4.78 is 27.9. The molecule has 0 aromatic heterocycles. The number of hydrogen-bond donors (Lipinski definition) is 1. The lowest BCUT2D eigenvalue weighted by Crippen LogP contribution is -2.26. The molecule has 0 amide bonds. The van der Waals surface area contributed by atoms with Crippen LogP contribution in [0.1, 0.15) is 32.3 Å². The maximum atomic E-state index is 11.1. The van der Waals surface area contributed by atoms with E-state index in [2.05, 4.69) is 6.92 Å². The molecule has 0 heterocycles. The van der Waals surface area contributed by atoms with Crippen LogP contribution in [0.3, 0.4) is 0 Å². The van der Waals surface area contributed by atoms with Gasteiger partial charge in [0.15, 0.2) is 0 Å². The van der Waals surface area contributed by atoms with Gasteiger partial charge in [-0.2, -0.15) is 0 Å². The summed E-state index contributed by atoms with van der Waals surface area (Å²) >= 11 is 0. The van der Waals surface area contributed by atoms with E-state index < -0.39 is 10.0 Å². The number of sulfonamides is 1. The van der Waals surface area contributed by atoms with E-state index in [0.29, 0.717) is 6.61 Å². The fourth-order valence-corrected chi connectivity index (χ4v) is 2.91. The van der Waals surface area contributed by atoms with Gasteiger partial charge >= 0.3 is 0 Å². The largest absolute Gasteiger partial charge is 0.493 e. The molecule has 1 aromatic carbocycles. The number of benzene rings is 1. The molecule has 0 spiro atoms. The van der Waals surface area contributed by atoms with Gasteiger partial charge in [0, 0.05) is 5.92 Å². The first-order chi connectivity index (χ1) is 8.94. The quantitative estimate of drug-likeness (QED) is 0.797. The molecule has 0 aliphatic rings. The van der Waals surface area contributed by atoms with Crippen LogP contribution in [0, 0.1) is 5.92 Å². The predicted octanol–water partition coefficient (Wildman–Crippen LogP) is 2.33. The predicted molar refractivity (Wildman–Crippen MR) is 77.7 cm³/mol. The van der Waals surface area contributed by atoms with Crippen LogP contribution < -0.4 is 9.88 Å². The number of ether oxygens (including phenoxy) is 1. The molecule has 0 aliphatic carbocycles. The molecule has 1 aromatic rings. The molecule has 1 atom stereocenters. The Bertz CT molecular complexity index is 468. The Balaban J connectivity index is 2.54. The van der Waals surface area contributed by atoms with Crippen molar-refractivity contribution >= 4 is 10.0 Å². The minimum absolute atomic E-state index is 0.0200. The fourth-order valence-electron chi connectivity index (χ4n) is 1.99. The van der Waals surface area contributed by atoms with Gasteiger partial charge in [0.05, 0.1) is 12.4 Å². The second-order valence-corrected chi connectivity index (χ2v) is 6.45. The molecule has 19 heavy (non-hydrogen) atoms. The number of hydrogen-bond acceptors (Lipinski definition) is 3. The van der Waals surface area contributed by atoms with E-state index in [1.165, 1.54) is 5.56 Å². The molecule has 0 saturated heterocycles. The van der Waals surface area contributed by atoms with Gasteiger partial charge in [-0.15, -0.1) is 0 Å². The SMILES string of the molecule is CCCC(COc1ccc(CC)cc1)CS(N)(=O)=O. The molecule has 1 unspecified atom stereocenters. The summed E-state index contributed by atoms with van der Waals surface area (Å²) in [5.74, 6) is 0.701. The third-order valence-corrected chi connectivity index (χ3v) is 3.92. The van der Waals surface area contributed by atoms with Crippen LogP contribution in [0.15, 0.2) is 24.3 Å². The Morgan fingerprint density at radius 1 is 1.21 bits per heavy atom. The van der Waals surface area contributed by atoms with Gasteiger partial charge in [0.25, 0.3) is 0 Å². The smallest absolute Gasteiger partial charge is 0.209 e. The van der Waals surface area contributed by atoms with Gasteiger partial charge in [-0.1, -0.05) is 32.4 Å². The number of nitrogens with two attached hydrogens (primary N) is 1. The van der Waals surface area contributed by atoms with Gasteiger partial charge in [0.2, 0.25) is 10.0 Å².